The highest BCUT2D eigenvalue weighted by atomic mass is 32.2. The second-order valence-corrected chi connectivity index (χ2v) is 5.05. The Balaban J connectivity index is 2.10. The molecular weight excluding hydrogens is 244 g/mol. The van der Waals surface area contributed by atoms with Crippen LogP contribution in [0.15, 0.2) is 24.3 Å². The van der Waals surface area contributed by atoms with Gasteiger partial charge in [0.2, 0.25) is 0 Å². The Hall–Kier alpha value is -1.49. The van der Waals surface area contributed by atoms with Crippen LogP contribution < -0.4 is 5.32 Å². The molecule has 2 N–H and O–H groups in total. The van der Waals surface area contributed by atoms with Crippen LogP contribution in [-0.4, -0.2) is 33.7 Å². The predicted molar refractivity (Wildman–Crippen MR) is 78.0 cm³/mol. The van der Waals surface area contributed by atoms with E-state index in [1.807, 2.05) is 36.9 Å². The fourth-order valence-corrected chi connectivity index (χ4v) is 2.17. The van der Waals surface area contributed by atoms with Crippen LogP contribution in [0.25, 0.3) is 11.4 Å². The summed E-state index contributed by atoms with van der Waals surface area (Å²) in [5, 5.41) is 10.5. The molecule has 2 aromatic rings. The van der Waals surface area contributed by atoms with Gasteiger partial charge in [-0.25, -0.2) is 4.98 Å². The Morgan fingerprint density at radius 1 is 1.33 bits per heavy atom. The molecule has 0 bridgehead atoms. The van der Waals surface area contributed by atoms with E-state index in [0.717, 1.165) is 35.9 Å². The second-order valence-electron chi connectivity index (χ2n) is 4.06. The minimum atomic E-state index is 0.750. The van der Waals surface area contributed by atoms with Gasteiger partial charge in [0.15, 0.2) is 5.82 Å². The molecule has 18 heavy (non-hydrogen) atoms. The standard InChI is InChI=1S/C13H18N4S/c1-10-15-13(17-16-10)11-6-3-4-7-12(11)14-8-5-9-18-2/h3-4,6-7,14H,5,8-9H2,1-2H3,(H,15,16,17). The van der Waals surface area contributed by atoms with Gasteiger partial charge >= 0.3 is 0 Å². The van der Waals surface area contributed by atoms with Crippen molar-refractivity contribution in [2.24, 2.45) is 0 Å². The molecule has 96 valence electrons. The molecule has 1 aromatic carbocycles. The maximum atomic E-state index is 4.38. The van der Waals surface area contributed by atoms with Crippen LogP contribution in [0.3, 0.4) is 0 Å². The number of H-pyrrole nitrogens is 1. The van der Waals surface area contributed by atoms with Gasteiger partial charge in [0.25, 0.3) is 0 Å². The van der Waals surface area contributed by atoms with Crippen LogP contribution in [-0.2, 0) is 0 Å². The quantitative estimate of drug-likeness (QED) is 0.786. The van der Waals surface area contributed by atoms with E-state index in [-0.39, 0.29) is 0 Å². The van der Waals surface area contributed by atoms with Crippen LogP contribution in [0, 0.1) is 6.92 Å². The zero-order valence-corrected chi connectivity index (χ0v) is 11.5. The summed E-state index contributed by atoms with van der Waals surface area (Å²) in [7, 11) is 0. The fraction of sp³-hybridized carbons (Fsp3) is 0.385. The first-order valence-corrected chi connectivity index (χ1v) is 7.42. The van der Waals surface area contributed by atoms with Crippen LogP contribution >= 0.6 is 11.8 Å². The lowest BCUT2D eigenvalue weighted by atomic mass is 10.1. The molecule has 0 radical (unpaired) electrons. The normalized spacial score (nSPS) is 10.6. The largest absolute Gasteiger partial charge is 0.384 e. The van der Waals surface area contributed by atoms with E-state index in [1.165, 1.54) is 5.75 Å². The third-order valence-electron chi connectivity index (χ3n) is 2.61. The number of rotatable bonds is 6. The zero-order valence-electron chi connectivity index (χ0n) is 10.7. The van der Waals surface area contributed by atoms with Crippen LogP contribution in [0.1, 0.15) is 12.2 Å². The van der Waals surface area contributed by atoms with Crippen molar-refractivity contribution in [3.8, 4) is 11.4 Å². The van der Waals surface area contributed by atoms with Gasteiger partial charge < -0.3 is 5.32 Å². The monoisotopic (exact) mass is 262 g/mol. The lowest BCUT2D eigenvalue weighted by Gasteiger charge is -2.09. The van der Waals surface area contributed by atoms with Crippen molar-refractivity contribution in [3.05, 3.63) is 30.1 Å². The third kappa shape index (κ3) is 3.26. The number of thioether (sulfide) groups is 1. The van der Waals surface area contributed by atoms with Crippen LogP contribution in [0.4, 0.5) is 5.69 Å². The average Bonchev–Trinajstić information content (AvgIpc) is 2.82. The number of anilines is 1. The van der Waals surface area contributed by atoms with E-state index in [2.05, 4.69) is 32.8 Å². The average molecular weight is 262 g/mol. The maximum absolute atomic E-state index is 4.38. The number of aromatic nitrogens is 3. The number of benzene rings is 1. The summed E-state index contributed by atoms with van der Waals surface area (Å²) in [6, 6.07) is 8.15. The van der Waals surface area contributed by atoms with Crippen molar-refractivity contribution in [1.82, 2.24) is 15.2 Å². The number of aryl methyl sites for hydroxylation is 1. The van der Waals surface area contributed by atoms with E-state index in [4.69, 9.17) is 0 Å². The lowest BCUT2D eigenvalue weighted by molar-refractivity contribution is 0.992. The summed E-state index contributed by atoms with van der Waals surface area (Å²) in [6.07, 6.45) is 3.28. The summed E-state index contributed by atoms with van der Waals surface area (Å²) in [4.78, 5) is 4.38. The Morgan fingerprint density at radius 3 is 2.89 bits per heavy atom. The molecule has 0 aliphatic rings. The number of para-hydroxylation sites is 1. The summed E-state index contributed by atoms with van der Waals surface area (Å²) in [5.74, 6) is 2.76. The first-order chi connectivity index (χ1) is 8.81. The Labute approximate surface area is 112 Å². The number of aromatic amines is 1. The van der Waals surface area contributed by atoms with Gasteiger partial charge in [-0.3, -0.25) is 5.10 Å². The number of nitrogens with one attached hydrogen (secondary N) is 2. The Kier molecular flexibility index (Phi) is 4.64. The first kappa shape index (κ1) is 13.0. The highest BCUT2D eigenvalue weighted by Gasteiger charge is 2.08. The predicted octanol–water partition coefficient (Wildman–Crippen LogP) is 2.95. The molecule has 4 nitrogen and oxygen atoms in total. The lowest BCUT2D eigenvalue weighted by Crippen LogP contribution is -2.04. The molecule has 0 amide bonds. The summed E-state index contributed by atoms with van der Waals surface area (Å²) < 4.78 is 0. The number of hydrogen-bond acceptors (Lipinski definition) is 4. The van der Waals surface area contributed by atoms with Gasteiger partial charge in [-0.05, 0) is 37.5 Å². The highest BCUT2D eigenvalue weighted by Crippen LogP contribution is 2.24. The van der Waals surface area contributed by atoms with E-state index >= 15 is 0 Å². The number of hydrogen-bond donors (Lipinski definition) is 2. The molecule has 2 rings (SSSR count). The topological polar surface area (TPSA) is 53.6 Å². The summed E-state index contributed by atoms with van der Waals surface area (Å²) in [6.45, 7) is 2.88. The summed E-state index contributed by atoms with van der Waals surface area (Å²) in [5.41, 5.74) is 2.14. The van der Waals surface area contributed by atoms with Crippen molar-refractivity contribution in [2.45, 2.75) is 13.3 Å². The van der Waals surface area contributed by atoms with Gasteiger partial charge in [-0.2, -0.15) is 16.9 Å². The molecule has 0 aliphatic heterocycles. The van der Waals surface area contributed by atoms with Gasteiger partial charge in [0.05, 0.1) is 0 Å². The second kappa shape index (κ2) is 6.44. The molecule has 0 unspecified atom stereocenters. The fourth-order valence-electron chi connectivity index (χ4n) is 1.73. The highest BCUT2D eigenvalue weighted by molar-refractivity contribution is 7.98. The van der Waals surface area contributed by atoms with Crippen molar-refractivity contribution in [2.75, 3.05) is 23.9 Å². The molecule has 0 saturated carbocycles. The smallest absolute Gasteiger partial charge is 0.183 e. The molecule has 1 aromatic heterocycles. The van der Waals surface area contributed by atoms with Gasteiger partial charge in [-0.15, -0.1) is 0 Å². The summed E-state index contributed by atoms with van der Waals surface area (Å²) >= 11 is 1.87. The molecule has 1 heterocycles. The van der Waals surface area contributed by atoms with E-state index in [9.17, 15) is 0 Å². The van der Waals surface area contributed by atoms with Crippen molar-refractivity contribution >= 4 is 17.4 Å². The van der Waals surface area contributed by atoms with Crippen LogP contribution in [0.5, 0.6) is 0 Å². The van der Waals surface area contributed by atoms with Gasteiger partial charge in [0.1, 0.15) is 5.82 Å². The van der Waals surface area contributed by atoms with E-state index < -0.39 is 0 Å². The van der Waals surface area contributed by atoms with Gasteiger partial charge in [-0.1, -0.05) is 12.1 Å². The molecule has 0 atom stereocenters. The SMILES string of the molecule is CSCCCNc1ccccc1-c1n[nH]c(C)n1. The molecule has 5 heteroatoms. The zero-order chi connectivity index (χ0) is 12.8. The van der Waals surface area contributed by atoms with Crippen molar-refractivity contribution in [3.63, 3.8) is 0 Å². The molecule has 0 spiro atoms. The van der Waals surface area contributed by atoms with E-state index in [0.29, 0.717) is 0 Å². The molecule has 0 saturated heterocycles. The van der Waals surface area contributed by atoms with Crippen molar-refractivity contribution in [1.29, 1.82) is 0 Å². The number of nitrogens with zero attached hydrogens (tertiary/aromatic N) is 2. The Morgan fingerprint density at radius 2 is 2.17 bits per heavy atom. The molecule has 0 fully saturated rings. The Bertz CT molecular complexity index is 495. The van der Waals surface area contributed by atoms with Crippen LogP contribution in [0.2, 0.25) is 0 Å². The van der Waals surface area contributed by atoms with E-state index in [1.54, 1.807) is 0 Å². The third-order valence-corrected chi connectivity index (χ3v) is 3.30. The first-order valence-electron chi connectivity index (χ1n) is 6.02. The molecular formula is C13H18N4S. The van der Waals surface area contributed by atoms with Crippen molar-refractivity contribution < 1.29 is 0 Å². The maximum Gasteiger partial charge on any atom is 0.183 e. The molecule has 0 aliphatic carbocycles. The minimum Gasteiger partial charge on any atom is -0.384 e. The minimum absolute atomic E-state index is 0.750. The van der Waals surface area contributed by atoms with Gasteiger partial charge in [0, 0.05) is 17.8 Å².